The number of hydrogen-bond donors (Lipinski definition) is 1. The molecule has 1 aliphatic rings. The quantitative estimate of drug-likeness (QED) is 0.816. The summed E-state index contributed by atoms with van der Waals surface area (Å²) in [7, 11) is 0. The number of nitrogens with one attached hydrogen (secondary N) is 1. The van der Waals surface area contributed by atoms with Crippen LogP contribution < -0.4 is 5.32 Å². The van der Waals surface area contributed by atoms with E-state index >= 15 is 0 Å². The molecule has 2 heteroatoms. The van der Waals surface area contributed by atoms with Gasteiger partial charge in [-0.3, -0.25) is 0 Å². The average molecular weight is 207 g/mol. The van der Waals surface area contributed by atoms with Crippen LogP contribution in [0.2, 0.25) is 0 Å². The molecule has 1 nitrogen and oxygen atoms in total. The molecule has 0 spiro atoms. The fourth-order valence-corrected chi connectivity index (χ4v) is 2.58. The van der Waals surface area contributed by atoms with Gasteiger partial charge >= 0.3 is 0 Å². The van der Waals surface area contributed by atoms with Crippen LogP contribution in [0.25, 0.3) is 0 Å². The van der Waals surface area contributed by atoms with Gasteiger partial charge in [-0.25, -0.2) is 0 Å². The summed E-state index contributed by atoms with van der Waals surface area (Å²) in [6, 6.07) is 6.69. The van der Waals surface area contributed by atoms with E-state index in [1.165, 1.54) is 35.4 Å². The highest BCUT2D eigenvalue weighted by Gasteiger charge is 2.11. The molecule has 0 atom stereocenters. The lowest BCUT2D eigenvalue weighted by Crippen LogP contribution is -2.13. The van der Waals surface area contributed by atoms with Gasteiger partial charge in [-0.2, -0.15) is 11.8 Å². The van der Waals surface area contributed by atoms with Crippen LogP contribution in [0.1, 0.15) is 24.5 Å². The summed E-state index contributed by atoms with van der Waals surface area (Å²) in [4.78, 5) is 0. The average Bonchev–Trinajstić information content (AvgIpc) is 2.26. The van der Waals surface area contributed by atoms with Crippen molar-refractivity contribution in [3.63, 3.8) is 0 Å². The highest BCUT2D eigenvalue weighted by molar-refractivity contribution is 7.98. The summed E-state index contributed by atoms with van der Waals surface area (Å²) in [5.74, 6) is 2.34. The van der Waals surface area contributed by atoms with Crippen LogP contribution >= 0.6 is 11.8 Å². The molecule has 0 fully saturated rings. The van der Waals surface area contributed by atoms with Gasteiger partial charge in [0.15, 0.2) is 0 Å². The number of para-hydroxylation sites is 1. The second-order valence-electron chi connectivity index (χ2n) is 3.62. The Hall–Kier alpha value is -0.630. The number of anilines is 1. The molecule has 0 saturated heterocycles. The summed E-state index contributed by atoms with van der Waals surface area (Å²) in [6.07, 6.45) is 2.52. The van der Waals surface area contributed by atoms with E-state index in [-0.39, 0.29) is 0 Å². The van der Waals surface area contributed by atoms with E-state index in [1.54, 1.807) is 0 Å². The Bertz CT molecular complexity index is 309. The van der Waals surface area contributed by atoms with Gasteiger partial charge in [-0.15, -0.1) is 0 Å². The Kier molecular flexibility index (Phi) is 3.35. The molecule has 0 aromatic heterocycles. The third kappa shape index (κ3) is 2.06. The van der Waals surface area contributed by atoms with Gasteiger partial charge in [0.25, 0.3) is 0 Å². The van der Waals surface area contributed by atoms with Crippen LogP contribution in [0.15, 0.2) is 18.2 Å². The maximum atomic E-state index is 3.53. The zero-order chi connectivity index (χ0) is 9.80. The third-order valence-corrected chi connectivity index (χ3v) is 3.55. The lowest BCUT2D eigenvalue weighted by molar-refractivity contribution is 0.827. The predicted octanol–water partition coefficient (Wildman–Crippen LogP) is 3.30. The lowest BCUT2D eigenvalue weighted by atomic mass is 10.0. The first-order valence-electron chi connectivity index (χ1n) is 5.34. The van der Waals surface area contributed by atoms with Crippen LogP contribution in [-0.2, 0) is 12.2 Å². The third-order valence-electron chi connectivity index (χ3n) is 2.62. The number of fused-ring (bicyclic) bond motifs is 1. The fourth-order valence-electron chi connectivity index (χ4n) is 1.91. The fraction of sp³-hybridized carbons (Fsp3) is 0.500. The molecule has 0 amide bonds. The Balaban J connectivity index is 2.21. The molecule has 1 aliphatic heterocycles. The number of hydrogen-bond acceptors (Lipinski definition) is 2. The van der Waals surface area contributed by atoms with Crippen LogP contribution in [0, 0.1) is 0 Å². The van der Waals surface area contributed by atoms with Crippen molar-refractivity contribution in [1.82, 2.24) is 0 Å². The number of benzene rings is 1. The molecule has 14 heavy (non-hydrogen) atoms. The summed E-state index contributed by atoms with van der Waals surface area (Å²) >= 11 is 1.99. The topological polar surface area (TPSA) is 12.0 Å². The Labute approximate surface area is 90.3 Å². The van der Waals surface area contributed by atoms with Crippen molar-refractivity contribution < 1.29 is 0 Å². The molecule has 0 saturated carbocycles. The first-order chi connectivity index (χ1) is 6.92. The van der Waals surface area contributed by atoms with Gasteiger partial charge in [0.05, 0.1) is 0 Å². The van der Waals surface area contributed by atoms with Crippen molar-refractivity contribution in [1.29, 1.82) is 0 Å². The van der Waals surface area contributed by atoms with E-state index in [2.05, 4.69) is 30.4 Å². The second kappa shape index (κ2) is 4.74. The Morgan fingerprint density at radius 1 is 1.43 bits per heavy atom. The molecular formula is C12H17NS. The van der Waals surface area contributed by atoms with Gasteiger partial charge in [-0.1, -0.05) is 25.1 Å². The van der Waals surface area contributed by atoms with Crippen LogP contribution in [-0.4, -0.2) is 12.3 Å². The van der Waals surface area contributed by atoms with Gasteiger partial charge < -0.3 is 5.32 Å². The van der Waals surface area contributed by atoms with Crippen molar-refractivity contribution >= 4 is 17.4 Å². The van der Waals surface area contributed by atoms with E-state index in [0.29, 0.717) is 0 Å². The lowest BCUT2D eigenvalue weighted by Gasteiger charge is -2.21. The molecule has 76 valence electrons. The molecule has 0 unspecified atom stereocenters. The first-order valence-corrected chi connectivity index (χ1v) is 6.49. The van der Waals surface area contributed by atoms with E-state index in [1.807, 2.05) is 11.8 Å². The Morgan fingerprint density at radius 3 is 3.21 bits per heavy atom. The maximum absolute atomic E-state index is 3.53. The van der Waals surface area contributed by atoms with Crippen LogP contribution in [0.3, 0.4) is 0 Å². The number of aryl methyl sites for hydroxylation is 1. The molecule has 0 aliphatic carbocycles. The molecule has 1 aromatic rings. The predicted molar refractivity (Wildman–Crippen MR) is 65.1 cm³/mol. The SMILES string of the molecule is CCSCc1cccc2c1NCCC2. The van der Waals surface area contributed by atoms with Crippen molar-refractivity contribution in [2.75, 3.05) is 17.6 Å². The van der Waals surface area contributed by atoms with Crippen molar-refractivity contribution in [3.8, 4) is 0 Å². The van der Waals surface area contributed by atoms with Crippen molar-refractivity contribution in [2.24, 2.45) is 0 Å². The second-order valence-corrected chi connectivity index (χ2v) is 4.89. The van der Waals surface area contributed by atoms with Gasteiger partial charge in [0.1, 0.15) is 0 Å². The van der Waals surface area contributed by atoms with Crippen molar-refractivity contribution in [2.45, 2.75) is 25.5 Å². The standard InChI is InChI=1S/C12H17NS/c1-2-14-9-11-6-3-5-10-7-4-8-13-12(10)11/h3,5-6,13H,2,4,7-9H2,1H3. The minimum Gasteiger partial charge on any atom is -0.385 e. The minimum atomic E-state index is 1.14. The number of thioether (sulfide) groups is 1. The molecule has 0 bridgehead atoms. The van der Waals surface area contributed by atoms with Gasteiger partial charge in [0.2, 0.25) is 0 Å². The van der Waals surface area contributed by atoms with Crippen LogP contribution in [0.4, 0.5) is 5.69 Å². The minimum absolute atomic E-state index is 1.14. The molecule has 1 heterocycles. The molecule has 2 rings (SSSR count). The molecule has 1 aromatic carbocycles. The molecular weight excluding hydrogens is 190 g/mol. The first kappa shape index (κ1) is 9.91. The largest absolute Gasteiger partial charge is 0.385 e. The summed E-state index contributed by atoms with van der Waals surface area (Å²) in [5, 5.41) is 3.53. The highest BCUT2D eigenvalue weighted by Crippen LogP contribution is 2.28. The summed E-state index contributed by atoms with van der Waals surface area (Å²) in [5.41, 5.74) is 4.40. The van der Waals surface area contributed by atoms with E-state index < -0.39 is 0 Å². The zero-order valence-corrected chi connectivity index (χ0v) is 9.49. The smallest absolute Gasteiger partial charge is 0.0413 e. The monoisotopic (exact) mass is 207 g/mol. The van der Waals surface area contributed by atoms with Crippen molar-refractivity contribution in [3.05, 3.63) is 29.3 Å². The molecule has 0 radical (unpaired) electrons. The van der Waals surface area contributed by atoms with E-state index in [4.69, 9.17) is 0 Å². The molecule has 1 N–H and O–H groups in total. The Morgan fingerprint density at radius 2 is 2.36 bits per heavy atom. The normalized spacial score (nSPS) is 14.6. The number of rotatable bonds is 3. The summed E-state index contributed by atoms with van der Waals surface area (Å²) in [6.45, 7) is 3.36. The van der Waals surface area contributed by atoms with E-state index in [0.717, 1.165) is 12.3 Å². The highest BCUT2D eigenvalue weighted by atomic mass is 32.2. The van der Waals surface area contributed by atoms with E-state index in [9.17, 15) is 0 Å². The van der Waals surface area contributed by atoms with Gasteiger partial charge in [0, 0.05) is 18.0 Å². The maximum Gasteiger partial charge on any atom is 0.0413 e. The van der Waals surface area contributed by atoms with Gasteiger partial charge in [-0.05, 0) is 29.7 Å². The van der Waals surface area contributed by atoms with Crippen LogP contribution in [0.5, 0.6) is 0 Å². The summed E-state index contributed by atoms with van der Waals surface area (Å²) < 4.78 is 0. The zero-order valence-electron chi connectivity index (χ0n) is 8.68.